The van der Waals surface area contributed by atoms with Crippen molar-refractivity contribution in [3.63, 3.8) is 0 Å². The van der Waals surface area contributed by atoms with Crippen molar-refractivity contribution in [1.82, 2.24) is 9.21 Å². The summed E-state index contributed by atoms with van der Waals surface area (Å²) < 4.78 is 53.3. The standard InChI is InChI=1S/C19H18F2N2O3S/c20-16-7-8-17(21)18(14-16)27(25,26)23-12-10-22(11-13-23)19(24)9-6-15-4-2-1-3-5-15/h1-9,14H,10-13H2/b9-6+. The zero-order valence-electron chi connectivity index (χ0n) is 14.4. The number of piperazine rings is 1. The average molecular weight is 392 g/mol. The number of hydrogen-bond donors (Lipinski definition) is 0. The third-order valence-corrected chi connectivity index (χ3v) is 6.19. The Labute approximate surface area is 156 Å². The van der Waals surface area contributed by atoms with Gasteiger partial charge in [0.15, 0.2) is 0 Å². The first-order valence-corrected chi connectivity index (χ1v) is 9.79. The second kappa shape index (κ2) is 7.98. The third kappa shape index (κ3) is 4.40. The van der Waals surface area contributed by atoms with Gasteiger partial charge in [0.2, 0.25) is 15.9 Å². The van der Waals surface area contributed by atoms with E-state index >= 15 is 0 Å². The van der Waals surface area contributed by atoms with Crippen molar-refractivity contribution in [2.45, 2.75) is 4.90 Å². The smallest absolute Gasteiger partial charge is 0.246 e. The molecule has 3 rings (SSSR count). The molecular formula is C19H18F2N2O3S. The van der Waals surface area contributed by atoms with Crippen molar-refractivity contribution in [3.05, 3.63) is 71.8 Å². The van der Waals surface area contributed by atoms with Crippen LogP contribution in [-0.4, -0.2) is 49.7 Å². The molecule has 0 spiro atoms. The van der Waals surface area contributed by atoms with Gasteiger partial charge in [-0.3, -0.25) is 4.79 Å². The molecule has 1 amide bonds. The summed E-state index contributed by atoms with van der Waals surface area (Å²) in [5, 5.41) is 0. The first-order chi connectivity index (χ1) is 12.9. The summed E-state index contributed by atoms with van der Waals surface area (Å²) in [6.07, 6.45) is 3.12. The van der Waals surface area contributed by atoms with E-state index in [1.807, 2.05) is 30.3 Å². The van der Waals surface area contributed by atoms with Gasteiger partial charge in [0.25, 0.3) is 0 Å². The number of nitrogens with zero attached hydrogens (tertiary/aromatic N) is 2. The lowest BCUT2D eigenvalue weighted by Crippen LogP contribution is -2.50. The van der Waals surface area contributed by atoms with Gasteiger partial charge >= 0.3 is 0 Å². The molecule has 8 heteroatoms. The summed E-state index contributed by atoms with van der Waals surface area (Å²) >= 11 is 0. The minimum Gasteiger partial charge on any atom is -0.337 e. The van der Waals surface area contributed by atoms with Gasteiger partial charge in [-0.25, -0.2) is 17.2 Å². The SMILES string of the molecule is O=C(/C=C/c1ccccc1)N1CCN(S(=O)(=O)c2cc(F)ccc2F)CC1. The van der Waals surface area contributed by atoms with Crippen molar-refractivity contribution in [2.24, 2.45) is 0 Å². The fourth-order valence-corrected chi connectivity index (χ4v) is 4.30. The van der Waals surface area contributed by atoms with Gasteiger partial charge in [-0.1, -0.05) is 30.3 Å². The summed E-state index contributed by atoms with van der Waals surface area (Å²) in [6, 6.07) is 11.6. The van der Waals surface area contributed by atoms with Gasteiger partial charge in [0, 0.05) is 32.3 Å². The Morgan fingerprint density at radius 3 is 2.30 bits per heavy atom. The Bertz CT molecular complexity index is 954. The van der Waals surface area contributed by atoms with Crippen LogP contribution in [0.3, 0.4) is 0 Å². The number of hydrogen-bond acceptors (Lipinski definition) is 3. The lowest BCUT2D eigenvalue weighted by Gasteiger charge is -2.33. The van der Waals surface area contributed by atoms with Crippen molar-refractivity contribution in [3.8, 4) is 0 Å². The molecule has 2 aromatic rings. The minimum atomic E-state index is -4.16. The fourth-order valence-electron chi connectivity index (χ4n) is 2.80. The molecule has 0 aromatic heterocycles. The highest BCUT2D eigenvalue weighted by atomic mass is 32.2. The Kier molecular flexibility index (Phi) is 5.67. The van der Waals surface area contributed by atoms with Gasteiger partial charge in [-0.2, -0.15) is 4.31 Å². The normalized spacial score (nSPS) is 16.0. The molecule has 1 saturated heterocycles. The van der Waals surface area contributed by atoms with Gasteiger partial charge in [-0.05, 0) is 29.8 Å². The van der Waals surface area contributed by atoms with Gasteiger partial charge < -0.3 is 4.90 Å². The minimum absolute atomic E-state index is 0.0171. The highest BCUT2D eigenvalue weighted by molar-refractivity contribution is 7.89. The molecule has 0 N–H and O–H groups in total. The molecule has 0 unspecified atom stereocenters. The lowest BCUT2D eigenvalue weighted by atomic mass is 10.2. The lowest BCUT2D eigenvalue weighted by molar-refractivity contribution is -0.127. The second-order valence-electron chi connectivity index (χ2n) is 6.05. The van der Waals surface area contributed by atoms with Crippen LogP contribution in [-0.2, 0) is 14.8 Å². The molecule has 1 fully saturated rings. The van der Waals surface area contributed by atoms with E-state index in [4.69, 9.17) is 0 Å². The zero-order chi connectivity index (χ0) is 19.4. The van der Waals surface area contributed by atoms with E-state index < -0.39 is 26.6 Å². The largest absolute Gasteiger partial charge is 0.337 e. The molecule has 27 heavy (non-hydrogen) atoms. The van der Waals surface area contributed by atoms with Crippen LogP contribution in [0.15, 0.2) is 59.5 Å². The second-order valence-corrected chi connectivity index (χ2v) is 7.95. The van der Waals surface area contributed by atoms with E-state index in [-0.39, 0.29) is 32.1 Å². The van der Waals surface area contributed by atoms with E-state index in [9.17, 15) is 22.0 Å². The maximum absolute atomic E-state index is 13.8. The number of carbonyl (C=O) groups is 1. The maximum atomic E-state index is 13.8. The molecule has 0 saturated carbocycles. The third-order valence-electron chi connectivity index (χ3n) is 4.28. The first-order valence-electron chi connectivity index (χ1n) is 8.35. The fraction of sp³-hybridized carbons (Fsp3) is 0.211. The monoisotopic (exact) mass is 392 g/mol. The predicted molar refractivity (Wildman–Crippen MR) is 97.2 cm³/mol. The number of amides is 1. The quantitative estimate of drug-likeness (QED) is 0.752. The van der Waals surface area contributed by atoms with Gasteiger partial charge in [0.05, 0.1) is 0 Å². The highest BCUT2D eigenvalue weighted by Gasteiger charge is 2.31. The van der Waals surface area contributed by atoms with Crippen molar-refractivity contribution in [1.29, 1.82) is 0 Å². The number of halogens is 2. The number of rotatable bonds is 4. The molecule has 0 radical (unpaired) electrons. The maximum Gasteiger partial charge on any atom is 0.246 e. The Hall–Kier alpha value is -2.58. The van der Waals surface area contributed by atoms with Gasteiger partial charge in [0.1, 0.15) is 16.5 Å². The molecule has 0 atom stereocenters. The number of carbonyl (C=O) groups excluding carboxylic acids is 1. The van der Waals surface area contributed by atoms with Crippen LogP contribution in [0.1, 0.15) is 5.56 Å². The Balaban J connectivity index is 1.65. The number of benzene rings is 2. The van der Waals surface area contributed by atoms with E-state index in [1.54, 1.807) is 6.08 Å². The molecular weight excluding hydrogens is 374 g/mol. The Morgan fingerprint density at radius 2 is 1.63 bits per heavy atom. The summed E-state index contributed by atoms with van der Waals surface area (Å²) in [4.78, 5) is 13.1. The summed E-state index contributed by atoms with van der Waals surface area (Å²) in [5.74, 6) is -2.05. The first kappa shape index (κ1) is 19.2. The molecule has 142 valence electrons. The van der Waals surface area contributed by atoms with E-state index in [1.165, 1.54) is 11.0 Å². The highest BCUT2D eigenvalue weighted by Crippen LogP contribution is 2.21. The van der Waals surface area contributed by atoms with Gasteiger partial charge in [-0.15, -0.1) is 0 Å². The van der Waals surface area contributed by atoms with Crippen LogP contribution in [0.25, 0.3) is 6.08 Å². The molecule has 1 aliphatic rings. The Morgan fingerprint density at radius 1 is 0.963 bits per heavy atom. The van der Waals surface area contributed by atoms with E-state index in [0.29, 0.717) is 6.07 Å². The van der Waals surface area contributed by atoms with Crippen LogP contribution in [0, 0.1) is 11.6 Å². The van der Waals surface area contributed by atoms with E-state index in [2.05, 4.69) is 0 Å². The van der Waals surface area contributed by atoms with Crippen LogP contribution >= 0.6 is 0 Å². The topological polar surface area (TPSA) is 57.7 Å². The molecule has 1 heterocycles. The van der Waals surface area contributed by atoms with Crippen LogP contribution in [0.5, 0.6) is 0 Å². The van der Waals surface area contributed by atoms with Crippen molar-refractivity contribution < 1.29 is 22.0 Å². The van der Waals surface area contributed by atoms with E-state index in [0.717, 1.165) is 22.0 Å². The van der Waals surface area contributed by atoms with Crippen LogP contribution in [0.2, 0.25) is 0 Å². The van der Waals surface area contributed by atoms with Crippen LogP contribution in [0.4, 0.5) is 8.78 Å². The number of sulfonamides is 1. The molecule has 1 aliphatic heterocycles. The molecule has 0 bridgehead atoms. The average Bonchev–Trinajstić information content (AvgIpc) is 2.68. The molecule has 5 nitrogen and oxygen atoms in total. The van der Waals surface area contributed by atoms with Crippen LogP contribution < -0.4 is 0 Å². The summed E-state index contributed by atoms with van der Waals surface area (Å²) in [5.41, 5.74) is 0.883. The zero-order valence-corrected chi connectivity index (χ0v) is 15.2. The van der Waals surface area contributed by atoms with Crippen molar-refractivity contribution in [2.75, 3.05) is 26.2 Å². The predicted octanol–water partition coefficient (Wildman–Crippen LogP) is 2.51. The van der Waals surface area contributed by atoms with Crippen molar-refractivity contribution >= 4 is 22.0 Å². The summed E-state index contributed by atoms with van der Waals surface area (Å²) in [6.45, 7) is 0.384. The molecule has 2 aromatic carbocycles. The molecule has 0 aliphatic carbocycles. The summed E-state index contributed by atoms with van der Waals surface area (Å²) in [7, 11) is -4.16.